The molecule has 0 saturated carbocycles. The molecule has 220 valence electrons. The number of hydrogen-bond donors (Lipinski definition) is 0. The SMILES string of the molecule is Cc1cc2nc(C(F)F)cc(OC(=O)c3cn(-c4cccc(Cl)n4)nc3C)c2cc1Oc1ccc(Oc2ccccc2)cc1. The van der Waals surface area contributed by atoms with Gasteiger partial charge in [0.2, 0.25) is 0 Å². The number of benzene rings is 3. The number of ether oxygens (including phenoxy) is 3. The van der Waals surface area contributed by atoms with Crippen LogP contribution in [0, 0.1) is 13.8 Å². The molecule has 3 aromatic heterocycles. The number of para-hydroxylation sites is 1. The Morgan fingerprint density at radius 2 is 1.52 bits per heavy atom. The maximum atomic E-state index is 13.8. The normalized spacial score (nSPS) is 11.1. The van der Waals surface area contributed by atoms with Gasteiger partial charge < -0.3 is 14.2 Å². The number of carbonyl (C=O) groups excluding carboxylic acids is 1. The molecule has 6 rings (SSSR count). The van der Waals surface area contributed by atoms with Gasteiger partial charge in [0.05, 0.1) is 11.2 Å². The first kappa shape index (κ1) is 28.8. The second-order valence-corrected chi connectivity index (χ2v) is 10.1. The Balaban J connectivity index is 1.30. The molecule has 3 aromatic carbocycles. The van der Waals surface area contributed by atoms with Crippen LogP contribution in [0.3, 0.4) is 0 Å². The Labute approximate surface area is 255 Å². The summed E-state index contributed by atoms with van der Waals surface area (Å²) in [5.74, 6) is 1.77. The smallest absolute Gasteiger partial charge is 0.347 e. The summed E-state index contributed by atoms with van der Waals surface area (Å²) in [6.07, 6.45) is -1.44. The van der Waals surface area contributed by atoms with Crippen molar-refractivity contribution in [3.05, 3.63) is 125 Å². The summed E-state index contributed by atoms with van der Waals surface area (Å²) in [7, 11) is 0. The average Bonchev–Trinajstić information content (AvgIpc) is 3.41. The number of alkyl halides is 2. The number of fused-ring (bicyclic) bond motifs is 1. The third kappa shape index (κ3) is 6.20. The highest BCUT2D eigenvalue weighted by Crippen LogP contribution is 2.36. The quantitative estimate of drug-likeness (QED) is 0.125. The Morgan fingerprint density at radius 1 is 0.818 bits per heavy atom. The molecule has 0 unspecified atom stereocenters. The van der Waals surface area contributed by atoms with Crippen molar-refractivity contribution in [2.45, 2.75) is 20.3 Å². The summed E-state index contributed by atoms with van der Waals surface area (Å²) in [6.45, 7) is 3.39. The van der Waals surface area contributed by atoms with E-state index in [1.807, 2.05) is 30.3 Å². The van der Waals surface area contributed by atoms with Crippen LogP contribution in [-0.2, 0) is 0 Å². The van der Waals surface area contributed by atoms with Gasteiger partial charge in [0.1, 0.15) is 45.2 Å². The first-order chi connectivity index (χ1) is 21.2. The van der Waals surface area contributed by atoms with Gasteiger partial charge in [-0.05, 0) is 80.1 Å². The lowest BCUT2D eigenvalue weighted by atomic mass is 10.1. The summed E-state index contributed by atoms with van der Waals surface area (Å²) in [5.41, 5.74) is 0.806. The van der Waals surface area contributed by atoms with Crippen LogP contribution < -0.4 is 14.2 Å². The highest BCUT2D eigenvalue weighted by molar-refractivity contribution is 6.29. The Morgan fingerprint density at radius 3 is 2.23 bits per heavy atom. The molecular weight excluding hydrogens is 590 g/mol. The molecule has 0 amide bonds. The van der Waals surface area contributed by atoms with Crippen molar-refractivity contribution >= 4 is 28.5 Å². The second kappa shape index (κ2) is 12.1. The number of halogens is 3. The van der Waals surface area contributed by atoms with Crippen molar-refractivity contribution in [2.75, 3.05) is 0 Å². The fraction of sp³-hybridized carbons (Fsp3) is 0.0909. The van der Waals surface area contributed by atoms with E-state index in [4.69, 9.17) is 25.8 Å². The van der Waals surface area contributed by atoms with Crippen LogP contribution >= 0.6 is 11.6 Å². The van der Waals surface area contributed by atoms with Crippen molar-refractivity contribution in [1.29, 1.82) is 0 Å². The minimum Gasteiger partial charge on any atom is -0.457 e. The number of pyridine rings is 2. The van der Waals surface area contributed by atoms with Crippen molar-refractivity contribution in [3.8, 4) is 34.6 Å². The average molecular weight is 613 g/mol. The van der Waals surface area contributed by atoms with Crippen LogP contribution in [0.5, 0.6) is 28.7 Å². The summed E-state index contributed by atoms with van der Waals surface area (Å²) in [4.78, 5) is 21.6. The number of rotatable bonds is 8. The molecule has 0 saturated heterocycles. The highest BCUT2D eigenvalue weighted by Gasteiger charge is 2.22. The molecule has 0 spiro atoms. The number of aromatic nitrogens is 4. The molecule has 0 radical (unpaired) electrons. The third-order valence-corrected chi connectivity index (χ3v) is 6.81. The molecule has 0 aliphatic rings. The topological polar surface area (TPSA) is 88.4 Å². The van der Waals surface area contributed by atoms with Crippen LogP contribution in [0.15, 0.2) is 97.2 Å². The van der Waals surface area contributed by atoms with E-state index < -0.39 is 18.1 Å². The van der Waals surface area contributed by atoms with Gasteiger partial charge in [-0.1, -0.05) is 35.9 Å². The van der Waals surface area contributed by atoms with Gasteiger partial charge in [-0.25, -0.2) is 28.2 Å². The van der Waals surface area contributed by atoms with Gasteiger partial charge in [0.15, 0.2) is 5.82 Å². The van der Waals surface area contributed by atoms with Crippen molar-refractivity contribution in [3.63, 3.8) is 0 Å². The van der Waals surface area contributed by atoms with Crippen LogP contribution in [0.2, 0.25) is 5.15 Å². The van der Waals surface area contributed by atoms with E-state index in [-0.39, 0.29) is 22.0 Å². The molecule has 6 aromatic rings. The molecule has 3 heterocycles. The minimum atomic E-state index is -2.89. The van der Waals surface area contributed by atoms with Crippen molar-refractivity contribution < 1.29 is 27.8 Å². The lowest BCUT2D eigenvalue weighted by Crippen LogP contribution is -2.10. The van der Waals surface area contributed by atoms with E-state index >= 15 is 0 Å². The molecule has 11 heteroatoms. The van der Waals surface area contributed by atoms with Gasteiger partial charge >= 0.3 is 5.97 Å². The summed E-state index contributed by atoms with van der Waals surface area (Å²) >= 11 is 5.99. The molecule has 0 aliphatic heterocycles. The minimum absolute atomic E-state index is 0.0974. The monoisotopic (exact) mass is 612 g/mol. The first-order valence-electron chi connectivity index (χ1n) is 13.4. The molecule has 0 atom stereocenters. The van der Waals surface area contributed by atoms with E-state index in [0.717, 1.165) is 6.07 Å². The van der Waals surface area contributed by atoms with E-state index in [9.17, 15) is 13.6 Å². The summed E-state index contributed by atoms with van der Waals surface area (Å²) in [6, 6.07) is 25.6. The lowest BCUT2D eigenvalue weighted by Gasteiger charge is -2.14. The molecular formula is C33H23ClF2N4O4. The van der Waals surface area contributed by atoms with E-state index in [1.54, 1.807) is 68.4 Å². The van der Waals surface area contributed by atoms with Gasteiger partial charge in [-0.3, -0.25) is 0 Å². The van der Waals surface area contributed by atoms with Gasteiger partial charge in [0.25, 0.3) is 6.43 Å². The summed E-state index contributed by atoms with van der Waals surface area (Å²) < 4.78 is 46.6. The molecule has 0 fully saturated rings. The van der Waals surface area contributed by atoms with Crippen LogP contribution in [0.4, 0.5) is 8.78 Å². The molecule has 8 nitrogen and oxygen atoms in total. The van der Waals surface area contributed by atoms with Crippen LogP contribution in [-0.4, -0.2) is 25.7 Å². The standard InChI is InChI=1S/C33H23ClF2N4O4/c1-19-15-26-24(16-28(19)43-23-13-11-22(12-14-23)42-21-7-4-3-5-8-21)29(17-27(37-26)32(35)36)44-33(41)25-18-40(39-20(25)2)31-10-6-9-30(34)38-31/h3-18,32H,1-2H3. The molecule has 44 heavy (non-hydrogen) atoms. The van der Waals surface area contributed by atoms with Gasteiger partial charge in [-0.15, -0.1) is 0 Å². The Kier molecular flexibility index (Phi) is 7.91. The van der Waals surface area contributed by atoms with Crippen molar-refractivity contribution in [1.82, 2.24) is 19.7 Å². The zero-order valence-corrected chi connectivity index (χ0v) is 24.1. The second-order valence-electron chi connectivity index (χ2n) is 9.75. The predicted octanol–water partition coefficient (Wildman–Crippen LogP) is 8.83. The van der Waals surface area contributed by atoms with Crippen molar-refractivity contribution in [2.24, 2.45) is 0 Å². The zero-order chi connectivity index (χ0) is 30.8. The number of esters is 1. The predicted molar refractivity (Wildman–Crippen MR) is 161 cm³/mol. The lowest BCUT2D eigenvalue weighted by molar-refractivity contribution is 0.0734. The molecule has 0 aliphatic carbocycles. The first-order valence-corrected chi connectivity index (χ1v) is 13.8. The highest BCUT2D eigenvalue weighted by atomic mass is 35.5. The Hall–Kier alpha value is -5.35. The number of hydrogen-bond acceptors (Lipinski definition) is 7. The zero-order valence-electron chi connectivity index (χ0n) is 23.4. The molecule has 0 N–H and O–H groups in total. The number of nitrogens with zero attached hydrogens (tertiary/aromatic N) is 4. The maximum Gasteiger partial charge on any atom is 0.347 e. The largest absolute Gasteiger partial charge is 0.457 e. The fourth-order valence-electron chi connectivity index (χ4n) is 4.44. The number of aryl methyl sites for hydroxylation is 2. The maximum absolute atomic E-state index is 13.8. The van der Waals surface area contributed by atoms with Crippen LogP contribution in [0.1, 0.15) is 33.7 Å². The van der Waals surface area contributed by atoms with Gasteiger partial charge in [-0.2, -0.15) is 5.10 Å². The van der Waals surface area contributed by atoms with E-state index in [1.165, 1.54) is 10.9 Å². The van der Waals surface area contributed by atoms with E-state index in [0.29, 0.717) is 45.5 Å². The third-order valence-electron chi connectivity index (χ3n) is 6.60. The van der Waals surface area contributed by atoms with Gasteiger partial charge in [0, 0.05) is 17.6 Å². The van der Waals surface area contributed by atoms with Crippen LogP contribution in [0.25, 0.3) is 16.7 Å². The molecule has 0 bridgehead atoms. The Bertz CT molecular complexity index is 1980. The summed E-state index contributed by atoms with van der Waals surface area (Å²) in [5, 5.41) is 4.90. The van der Waals surface area contributed by atoms with E-state index in [2.05, 4.69) is 15.1 Å². The number of carbonyl (C=O) groups is 1. The fourth-order valence-corrected chi connectivity index (χ4v) is 4.60.